The predicted octanol–water partition coefficient (Wildman–Crippen LogP) is 4.23. The van der Waals surface area contributed by atoms with Gasteiger partial charge in [-0.3, -0.25) is 4.79 Å². The van der Waals surface area contributed by atoms with E-state index in [1.807, 2.05) is 62.4 Å². The summed E-state index contributed by atoms with van der Waals surface area (Å²) in [4.78, 5) is 12.6. The van der Waals surface area contributed by atoms with Crippen LogP contribution < -0.4 is 0 Å². The van der Waals surface area contributed by atoms with E-state index >= 15 is 0 Å². The van der Waals surface area contributed by atoms with Crippen molar-refractivity contribution < 1.29 is 9.53 Å². The number of hydrogen-bond donors (Lipinski definition) is 0. The number of nitrogens with zero attached hydrogens (tertiary/aromatic N) is 1. The summed E-state index contributed by atoms with van der Waals surface area (Å²) in [6.07, 6.45) is -0.876. The molecule has 112 valence electrons. The highest BCUT2D eigenvalue weighted by molar-refractivity contribution is 5.79. The highest BCUT2D eigenvalue weighted by atomic mass is 16.5. The molecule has 3 heteroatoms. The molecule has 0 unspecified atom stereocenters. The minimum Gasteiger partial charge on any atom is -0.441 e. The van der Waals surface area contributed by atoms with Crippen molar-refractivity contribution in [1.82, 2.24) is 0 Å². The standard InChI is InChI=1S/C19H19NO2/c1-14(2)18(16-11-7-4-8-12-16)19(21)22-17(13-20)15-9-5-3-6-10-15/h3-12,14,17-18H,1-2H3/t17-,18-/m0/s1. The van der Waals surface area contributed by atoms with Crippen LogP contribution in [-0.4, -0.2) is 5.97 Å². The third-order valence-electron chi connectivity index (χ3n) is 3.53. The molecule has 2 atom stereocenters. The lowest BCUT2D eigenvalue weighted by atomic mass is 9.88. The normalized spacial score (nSPS) is 13.2. The average molecular weight is 293 g/mol. The lowest BCUT2D eigenvalue weighted by Crippen LogP contribution is -2.22. The molecular weight excluding hydrogens is 274 g/mol. The van der Waals surface area contributed by atoms with Gasteiger partial charge in [0.05, 0.1) is 5.92 Å². The van der Waals surface area contributed by atoms with Gasteiger partial charge in [-0.25, -0.2) is 0 Å². The largest absolute Gasteiger partial charge is 0.441 e. The van der Waals surface area contributed by atoms with E-state index < -0.39 is 6.10 Å². The molecule has 0 N–H and O–H groups in total. The molecule has 2 rings (SSSR count). The molecule has 0 heterocycles. The van der Waals surface area contributed by atoms with E-state index in [1.54, 1.807) is 12.1 Å². The van der Waals surface area contributed by atoms with Crippen molar-refractivity contribution in [3.63, 3.8) is 0 Å². The average Bonchev–Trinajstić information content (AvgIpc) is 2.54. The smallest absolute Gasteiger partial charge is 0.315 e. The van der Waals surface area contributed by atoms with E-state index in [9.17, 15) is 10.1 Å². The Bertz CT molecular complexity index is 644. The number of carbonyl (C=O) groups is 1. The second kappa shape index (κ2) is 7.42. The molecule has 0 radical (unpaired) electrons. The summed E-state index contributed by atoms with van der Waals surface area (Å²) < 4.78 is 5.46. The summed E-state index contributed by atoms with van der Waals surface area (Å²) in [5.74, 6) is -0.651. The quantitative estimate of drug-likeness (QED) is 0.775. The van der Waals surface area contributed by atoms with Crippen LogP contribution in [0.15, 0.2) is 60.7 Å². The lowest BCUT2D eigenvalue weighted by molar-refractivity contribution is -0.150. The van der Waals surface area contributed by atoms with Gasteiger partial charge >= 0.3 is 5.97 Å². The Labute approximate surface area is 131 Å². The van der Waals surface area contributed by atoms with Gasteiger partial charge in [0.15, 0.2) is 0 Å². The second-order valence-corrected chi connectivity index (χ2v) is 5.49. The first kappa shape index (κ1) is 15.8. The number of hydrogen-bond acceptors (Lipinski definition) is 3. The molecule has 22 heavy (non-hydrogen) atoms. The van der Waals surface area contributed by atoms with E-state index in [2.05, 4.69) is 6.07 Å². The summed E-state index contributed by atoms with van der Waals surface area (Å²) in [7, 11) is 0. The summed E-state index contributed by atoms with van der Waals surface area (Å²) in [5.41, 5.74) is 1.60. The van der Waals surface area contributed by atoms with Crippen molar-refractivity contribution in [2.75, 3.05) is 0 Å². The molecule has 0 fully saturated rings. The van der Waals surface area contributed by atoms with Crippen LogP contribution in [0.3, 0.4) is 0 Å². The molecule has 0 saturated carbocycles. The van der Waals surface area contributed by atoms with Crippen molar-refractivity contribution in [2.45, 2.75) is 25.9 Å². The highest BCUT2D eigenvalue weighted by Crippen LogP contribution is 2.28. The van der Waals surface area contributed by atoms with Crippen LogP contribution in [0.1, 0.15) is 37.0 Å². The van der Waals surface area contributed by atoms with Crippen LogP contribution in [0, 0.1) is 17.2 Å². The first-order valence-electron chi connectivity index (χ1n) is 7.33. The van der Waals surface area contributed by atoms with Crippen LogP contribution in [0.5, 0.6) is 0 Å². The fourth-order valence-electron chi connectivity index (χ4n) is 2.44. The molecule has 0 saturated heterocycles. The Hall–Kier alpha value is -2.60. The molecular formula is C19H19NO2. The zero-order chi connectivity index (χ0) is 15.9. The summed E-state index contributed by atoms with van der Waals surface area (Å²) in [5, 5.41) is 9.29. The van der Waals surface area contributed by atoms with E-state index in [0.717, 1.165) is 5.56 Å². The van der Waals surface area contributed by atoms with Gasteiger partial charge in [0.1, 0.15) is 6.07 Å². The molecule has 0 bridgehead atoms. The number of carbonyl (C=O) groups excluding carboxylic acids is 1. The molecule has 0 aliphatic rings. The summed E-state index contributed by atoms with van der Waals surface area (Å²) >= 11 is 0. The van der Waals surface area contributed by atoms with Crippen molar-refractivity contribution >= 4 is 5.97 Å². The molecule has 3 nitrogen and oxygen atoms in total. The van der Waals surface area contributed by atoms with Gasteiger partial charge in [0.25, 0.3) is 0 Å². The zero-order valence-corrected chi connectivity index (χ0v) is 12.8. The SMILES string of the molecule is CC(C)[C@H](C(=O)O[C@@H](C#N)c1ccccc1)c1ccccc1. The summed E-state index contributed by atoms with van der Waals surface area (Å²) in [6.45, 7) is 3.95. The highest BCUT2D eigenvalue weighted by Gasteiger charge is 2.28. The number of rotatable bonds is 5. The maximum Gasteiger partial charge on any atom is 0.315 e. The molecule has 0 aliphatic heterocycles. The predicted molar refractivity (Wildman–Crippen MR) is 84.9 cm³/mol. The Morgan fingerprint density at radius 3 is 1.91 bits per heavy atom. The molecule has 0 aliphatic carbocycles. The fraction of sp³-hybridized carbons (Fsp3) is 0.263. The van der Waals surface area contributed by atoms with Crippen LogP contribution in [0.4, 0.5) is 0 Å². The minimum absolute atomic E-state index is 0.0880. The number of benzene rings is 2. The van der Waals surface area contributed by atoms with E-state index in [1.165, 1.54) is 0 Å². The topological polar surface area (TPSA) is 50.1 Å². The Morgan fingerprint density at radius 2 is 1.45 bits per heavy atom. The van der Waals surface area contributed by atoms with Crippen molar-refractivity contribution in [3.05, 3.63) is 71.8 Å². The van der Waals surface area contributed by atoms with E-state index in [-0.39, 0.29) is 17.8 Å². The Balaban J connectivity index is 2.20. The third-order valence-corrected chi connectivity index (χ3v) is 3.53. The number of ether oxygens (including phenoxy) is 1. The van der Waals surface area contributed by atoms with Gasteiger partial charge in [0.2, 0.25) is 6.10 Å². The molecule has 0 spiro atoms. The maximum atomic E-state index is 12.6. The van der Waals surface area contributed by atoms with Crippen LogP contribution in [0.2, 0.25) is 0 Å². The van der Waals surface area contributed by atoms with Crippen LogP contribution in [-0.2, 0) is 9.53 Å². The van der Waals surface area contributed by atoms with E-state index in [0.29, 0.717) is 5.56 Å². The van der Waals surface area contributed by atoms with Crippen molar-refractivity contribution in [3.8, 4) is 6.07 Å². The molecule has 2 aromatic rings. The molecule has 2 aromatic carbocycles. The van der Waals surface area contributed by atoms with Crippen molar-refractivity contribution in [1.29, 1.82) is 5.26 Å². The van der Waals surface area contributed by atoms with Gasteiger partial charge in [-0.15, -0.1) is 0 Å². The molecule has 0 aromatic heterocycles. The van der Waals surface area contributed by atoms with Crippen LogP contribution >= 0.6 is 0 Å². The van der Waals surface area contributed by atoms with Gasteiger partial charge in [-0.1, -0.05) is 74.5 Å². The van der Waals surface area contributed by atoms with Gasteiger partial charge in [-0.2, -0.15) is 5.26 Å². The monoisotopic (exact) mass is 293 g/mol. The van der Waals surface area contributed by atoms with Gasteiger partial charge < -0.3 is 4.74 Å². The Morgan fingerprint density at radius 1 is 0.955 bits per heavy atom. The first-order chi connectivity index (χ1) is 10.6. The number of nitriles is 1. The Kier molecular flexibility index (Phi) is 5.32. The fourth-order valence-corrected chi connectivity index (χ4v) is 2.44. The minimum atomic E-state index is -0.876. The zero-order valence-electron chi connectivity index (χ0n) is 12.8. The molecule has 0 amide bonds. The van der Waals surface area contributed by atoms with Crippen LogP contribution in [0.25, 0.3) is 0 Å². The first-order valence-corrected chi connectivity index (χ1v) is 7.33. The second-order valence-electron chi connectivity index (χ2n) is 5.49. The maximum absolute atomic E-state index is 12.6. The van der Waals surface area contributed by atoms with Gasteiger partial charge in [0, 0.05) is 5.56 Å². The van der Waals surface area contributed by atoms with E-state index in [4.69, 9.17) is 4.74 Å². The number of esters is 1. The van der Waals surface area contributed by atoms with Gasteiger partial charge in [-0.05, 0) is 11.5 Å². The summed E-state index contributed by atoms with van der Waals surface area (Å²) in [6, 6.07) is 20.7. The van der Waals surface area contributed by atoms with Crippen molar-refractivity contribution in [2.24, 2.45) is 5.92 Å². The lowest BCUT2D eigenvalue weighted by Gasteiger charge is -2.21. The third kappa shape index (κ3) is 3.73.